The lowest BCUT2D eigenvalue weighted by molar-refractivity contribution is -0.121. The van der Waals surface area contributed by atoms with Gasteiger partial charge in [0.1, 0.15) is 5.78 Å². The molecule has 0 amide bonds. The van der Waals surface area contributed by atoms with Crippen molar-refractivity contribution in [3.05, 3.63) is 0 Å². The Morgan fingerprint density at radius 3 is 2.26 bits per heavy atom. The predicted octanol–water partition coefficient (Wildman–Crippen LogP) is 1.25. The second-order valence-corrected chi connectivity index (χ2v) is 5.20. The molecule has 0 fully saturated rings. The SMILES string of the molecule is CCNC(C(=O)CNC(CC=S)C(=O)CC)C(C)=S. The average molecular weight is 302 g/mol. The van der Waals surface area contributed by atoms with Crippen LogP contribution in [0.5, 0.6) is 0 Å². The fourth-order valence-electron chi connectivity index (χ4n) is 1.69. The maximum atomic E-state index is 12.0. The zero-order chi connectivity index (χ0) is 14.8. The molecule has 0 heterocycles. The number of hydrogen-bond acceptors (Lipinski definition) is 6. The number of hydrogen-bond donors (Lipinski definition) is 2. The van der Waals surface area contributed by atoms with E-state index < -0.39 is 6.04 Å². The van der Waals surface area contributed by atoms with Crippen LogP contribution in [0.2, 0.25) is 0 Å². The van der Waals surface area contributed by atoms with E-state index >= 15 is 0 Å². The number of ketones is 2. The molecule has 0 aromatic carbocycles. The minimum Gasteiger partial charge on any atom is -0.304 e. The van der Waals surface area contributed by atoms with E-state index in [9.17, 15) is 9.59 Å². The van der Waals surface area contributed by atoms with E-state index in [2.05, 4.69) is 10.6 Å². The lowest BCUT2D eigenvalue weighted by Crippen LogP contribution is -2.48. The summed E-state index contributed by atoms with van der Waals surface area (Å²) < 4.78 is 0. The van der Waals surface area contributed by atoms with E-state index in [4.69, 9.17) is 24.4 Å². The summed E-state index contributed by atoms with van der Waals surface area (Å²) in [5, 5.41) is 7.52. The van der Waals surface area contributed by atoms with E-state index in [0.717, 1.165) is 0 Å². The molecule has 4 nitrogen and oxygen atoms in total. The molecule has 0 saturated heterocycles. The second-order valence-electron chi connectivity index (χ2n) is 4.22. The van der Waals surface area contributed by atoms with E-state index in [0.29, 0.717) is 24.3 Å². The zero-order valence-corrected chi connectivity index (χ0v) is 13.3. The van der Waals surface area contributed by atoms with Gasteiger partial charge in [-0.2, -0.15) is 0 Å². The molecule has 6 heteroatoms. The fourth-order valence-corrected chi connectivity index (χ4v) is 2.09. The van der Waals surface area contributed by atoms with E-state index in [1.165, 1.54) is 5.37 Å². The summed E-state index contributed by atoms with van der Waals surface area (Å²) >= 11 is 9.84. The Balaban J connectivity index is 4.48. The Morgan fingerprint density at radius 1 is 1.21 bits per heavy atom. The quantitative estimate of drug-likeness (QED) is 0.560. The first kappa shape index (κ1) is 18.4. The van der Waals surface area contributed by atoms with Crippen LogP contribution >= 0.6 is 24.4 Å². The molecule has 0 aliphatic carbocycles. The normalized spacial score (nSPS) is 13.6. The van der Waals surface area contributed by atoms with Gasteiger partial charge in [0.05, 0.1) is 18.6 Å². The first-order valence-electron chi connectivity index (χ1n) is 6.44. The number of Topliss-reactive ketones (excluding diaryl/α,β-unsaturated/α-hetero) is 2. The van der Waals surface area contributed by atoms with Crippen LogP contribution in [-0.4, -0.2) is 47.0 Å². The van der Waals surface area contributed by atoms with Gasteiger partial charge in [0.25, 0.3) is 0 Å². The predicted molar refractivity (Wildman–Crippen MR) is 86.1 cm³/mol. The van der Waals surface area contributed by atoms with Crippen molar-refractivity contribution in [1.29, 1.82) is 0 Å². The molecule has 2 N–H and O–H groups in total. The topological polar surface area (TPSA) is 58.2 Å². The standard InChI is InChI=1S/C13H22N2O2S2/c1-4-11(16)10(6-7-18)15-8-12(17)13(9(3)19)14-5-2/h7,10,13-15H,4-6,8H2,1-3H3. The van der Waals surface area contributed by atoms with Gasteiger partial charge in [-0.1, -0.05) is 38.3 Å². The maximum Gasteiger partial charge on any atom is 0.168 e. The van der Waals surface area contributed by atoms with Crippen LogP contribution in [0.25, 0.3) is 0 Å². The van der Waals surface area contributed by atoms with Gasteiger partial charge in [0, 0.05) is 11.3 Å². The highest BCUT2D eigenvalue weighted by Gasteiger charge is 2.21. The van der Waals surface area contributed by atoms with Crippen LogP contribution in [0.3, 0.4) is 0 Å². The molecule has 0 aliphatic rings. The molecule has 2 atom stereocenters. The zero-order valence-electron chi connectivity index (χ0n) is 11.7. The number of thiocarbonyl (C=S) groups is 2. The molecule has 19 heavy (non-hydrogen) atoms. The highest BCUT2D eigenvalue weighted by molar-refractivity contribution is 7.80. The molecular formula is C13H22N2O2S2. The number of nitrogens with one attached hydrogen (secondary N) is 2. The summed E-state index contributed by atoms with van der Waals surface area (Å²) in [5.74, 6) is 0.0144. The van der Waals surface area contributed by atoms with Gasteiger partial charge in [-0.3, -0.25) is 9.59 Å². The maximum absolute atomic E-state index is 12.0. The fraction of sp³-hybridized carbons (Fsp3) is 0.692. The Hall–Kier alpha value is -0.560. The first-order chi connectivity index (χ1) is 8.97. The molecule has 2 unspecified atom stereocenters. The first-order valence-corrected chi connectivity index (χ1v) is 7.32. The van der Waals surface area contributed by atoms with Gasteiger partial charge < -0.3 is 10.6 Å². The third kappa shape index (κ3) is 6.96. The summed E-state index contributed by atoms with van der Waals surface area (Å²) in [4.78, 5) is 24.3. The average Bonchev–Trinajstić information content (AvgIpc) is 2.39. The van der Waals surface area contributed by atoms with Gasteiger partial charge in [-0.05, 0) is 25.3 Å². The largest absolute Gasteiger partial charge is 0.304 e. The van der Waals surface area contributed by atoms with Crippen molar-refractivity contribution in [3.63, 3.8) is 0 Å². The summed E-state index contributed by atoms with van der Waals surface area (Å²) in [6, 6.07) is -0.809. The number of rotatable bonds is 11. The smallest absolute Gasteiger partial charge is 0.168 e. The third-order valence-electron chi connectivity index (χ3n) is 2.73. The van der Waals surface area contributed by atoms with Gasteiger partial charge in [0.2, 0.25) is 0 Å². The van der Waals surface area contributed by atoms with E-state index in [1.807, 2.05) is 6.92 Å². The Kier molecular flexibility index (Phi) is 9.95. The number of carbonyl (C=O) groups is 2. The van der Waals surface area contributed by atoms with Crippen molar-refractivity contribution < 1.29 is 9.59 Å². The van der Waals surface area contributed by atoms with E-state index in [1.54, 1.807) is 13.8 Å². The molecular weight excluding hydrogens is 280 g/mol. The highest BCUT2D eigenvalue weighted by Crippen LogP contribution is 1.98. The minimum absolute atomic E-state index is 0.0485. The second kappa shape index (κ2) is 10.3. The van der Waals surface area contributed by atoms with Gasteiger partial charge >= 0.3 is 0 Å². The Labute approximate surface area is 125 Å². The molecule has 0 bridgehead atoms. The molecule has 0 aromatic heterocycles. The molecule has 0 saturated carbocycles. The van der Waals surface area contributed by atoms with Crippen LogP contribution in [0.15, 0.2) is 0 Å². The summed E-state index contributed by atoms with van der Waals surface area (Å²) in [7, 11) is 0. The molecule has 0 aliphatic heterocycles. The van der Waals surface area contributed by atoms with Crippen molar-refractivity contribution in [2.45, 2.75) is 45.7 Å². The Bertz CT molecular complexity index is 346. The van der Waals surface area contributed by atoms with Crippen molar-refractivity contribution in [2.75, 3.05) is 13.1 Å². The lowest BCUT2D eigenvalue weighted by atomic mass is 10.1. The molecule has 0 radical (unpaired) electrons. The van der Waals surface area contributed by atoms with Gasteiger partial charge in [-0.15, -0.1) is 0 Å². The van der Waals surface area contributed by atoms with Gasteiger partial charge in [-0.25, -0.2) is 0 Å². The molecule has 0 spiro atoms. The summed E-state index contributed by atoms with van der Waals surface area (Å²) in [5.41, 5.74) is 0. The Morgan fingerprint density at radius 2 is 1.84 bits per heavy atom. The van der Waals surface area contributed by atoms with Crippen molar-refractivity contribution in [3.8, 4) is 0 Å². The van der Waals surface area contributed by atoms with Gasteiger partial charge in [0.15, 0.2) is 5.78 Å². The van der Waals surface area contributed by atoms with Crippen LogP contribution in [0.4, 0.5) is 0 Å². The molecule has 0 aromatic rings. The lowest BCUT2D eigenvalue weighted by Gasteiger charge is -2.19. The minimum atomic E-state index is -0.433. The third-order valence-corrected chi connectivity index (χ3v) is 3.16. The number of carbonyl (C=O) groups excluding carboxylic acids is 2. The van der Waals surface area contributed by atoms with Crippen LogP contribution < -0.4 is 10.6 Å². The van der Waals surface area contributed by atoms with E-state index in [-0.39, 0.29) is 24.2 Å². The highest BCUT2D eigenvalue weighted by atomic mass is 32.1. The van der Waals surface area contributed by atoms with Crippen LogP contribution in [0, 0.1) is 0 Å². The monoisotopic (exact) mass is 302 g/mol. The van der Waals surface area contributed by atoms with Crippen LogP contribution in [-0.2, 0) is 9.59 Å². The summed E-state index contributed by atoms with van der Waals surface area (Å²) in [6.45, 7) is 6.24. The van der Waals surface area contributed by atoms with Crippen molar-refractivity contribution >= 4 is 46.2 Å². The van der Waals surface area contributed by atoms with Crippen molar-refractivity contribution in [1.82, 2.24) is 10.6 Å². The van der Waals surface area contributed by atoms with Crippen LogP contribution in [0.1, 0.15) is 33.6 Å². The number of likely N-dealkylation sites (N-methyl/N-ethyl adjacent to an activating group) is 1. The molecule has 108 valence electrons. The van der Waals surface area contributed by atoms with Crippen molar-refractivity contribution in [2.24, 2.45) is 0 Å². The molecule has 0 rings (SSSR count). The summed E-state index contributed by atoms with van der Waals surface area (Å²) in [6.07, 6.45) is 0.885.